The second-order valence-electron chi connectivity index (χ2n) is 5.66. The van der Waals surface area contributed by atoms with Crippen molar-refractivity contribution in [1.29, 1.82) is 0 Å². The average Bonchev–Trinajstić information content (AvgIpc) is 2.63. The van der Waals surface area contributed by atoms with Gasteiger partial charge in [0.25, 0.3) is 0 Å². The van der Waals surface area contributed by atoms with Crippen LogP contribution in [0, 0.1) is 6.92 Å². The predicted octanol–water partition coefficient (Wildman–Crippen LogP) is 4.59. The van der Waals surface area contributed by atoms with Crippen LogP contribution in [0.3, 0.4) is 0 Å². The fourth-order valence-electron chi connectivity index (χ4n) is 2.52. The second kappa shape index (κ2) is 7.37. The van der Waals surface area contributed by atoms with Gasteiger partial charge in [0, 0.05) is 21.8 Å². The predicted molar refractivity (Wildman–Crippen MR) is 96.8 cm³/mol. The summed E-state index contributed by atoms with van der Waals surface area (Å²) in [7, 11) is -1.29. The van der Waals surface area contributed by atoms with Gasteiger partial charge in [0.15, 0.2) is 5.78 Å². The molecule has 0 aromatic heterocycles. The van der Waals surface area contributed by atoms with Crippen LogP contribution in [0.15, 0.2) is 88.7 Å². The van der Waals surface area contributed by atoms with E-state index >= 15 is 0 Å². The minimum absolute atomic E-state index is 0.0314. The maximum absolute atomic E-state index is 12.9. The van der Waals surface area contributed by atoms with Crippen molar-refractivity contribution in [2.75, 3.05) is 0 Å². The third kappa shape index (κ3) is 3.69. The molecule has 3 aromatic rings. The smallest absolute Gasteiger partial charge is 0.167 e. The van der Waals surface area contributed by atoms with E-state index in [1.54, 1.807) is 0 Å². The molecule has 3 aromatic carbocycles. The molecule has 1 atom stereocenters. The Morgan fingerprint density at radius 2 is 1.46 bits per heavy atom. The van der Waals surface area contributed by atoms with Gasteiger partial charge in [-0.3, -0.25) is 4.79 Å². The molecule has 0 saturated carbocycles. The second-order valence-corrected chi connectivity index (χ2v) is 7.10. The molecular weight excluding hydrogens is 316 g/mol. The molecule has 0 aliphatic carbocycles. The molecule has 120 valence electrons. The summed E-state index contributed by atoms with van der Waals surface area (Å²) in [6.45, 7) is 2.00. The highest BCUT2D eigenvalue weighted by Gasteiger charge is 2.15. The Kier molecular flexibility index (Phi) is 5.02. The third-order valence-corrected chi connectivity index (χ3v) is 5.35. The lowest BCUT2D eigenvalue weighted by molar-refractivity contribution is 0.0992. The van der Waals surface area contributed by atoms with Gasteiger partial charge in [-0.05, 0) is 30.7 Å². The summed E-state index contributed by atoms with van der Waals surface area (Å²) in [5, 5.41) is 0. The number of ketones is 1. The Balaban J connectivity index is 1.89. The molecule has 0 heterocycles. The first kappa shape index (κ1) is 16.3. The van der Waals surface area contributed by atoms with Crippen LogP contribution in [0.1, 0.15) is 21.5 Å². The van der Waals surface area contributed by atoms with E-state index in [1.165, 1.54) is 0 Å². The van der Waals surface area contributed by atoms with Crippen LogP contribution in [0.5, 0.6) is 0 Å². The maximum Gasteiger partial charge on any atom is 0.167 e. The van der Waals surface area contributed by atoms with Crippen molar-refractivity contribution in [3.05, 3.63) is 95.6 Å². The first-order valence-corrected chi connectivity index (χ1v) is 8.95. The van der Waals surface area contributed by atoms with Crippen molar-refractivity contribution in [1.82, 2.24) is 0 Å². The van der Waals surface area contributed by atoms with Crippen molar-refractivity contribution in [3.63, 3.8) is 0 Å². The Morgan fingerprint density at radius 1 is 0.833 bits per heavy atom. The zero-order chi connectivity index (χ0) is 16.9. The molecule has 1 unspecified atom stereocenters. The lowest BCUT2D eigenvalue weighted by atomic mass is 10.0. The van der Waals surface area contributed by atoms with E-state index in [1.807, 2.05) is 85.8 Å². The number of carbonyl (C=O) groups excluding carboxylic acids is 1. The molecule has 0 bridgehead atoms. The maximum atomic E-state index is 12.9. The Hall–Kier alpha value is -2.52. The number of Topliss-reactive ketones (excluding diaryl/α,β-unsaturated/α-hetero) is 1. The van der Waals surface area contributed by atoms with E-state index < -0.39 is 10.8 Å². The van der Waals surface area contributed by atoms with E-state index in [0.717, 1.165) is 16.0 Å². The van der Waals surface area contributed by atoms with Crippen molar-refractivity contribution < 1.29 is 9.00 Å². The molecule has 3 heteroatoms. The molecule has 3 rings (SSSR count). The zero-order valence-corrected chi connectivity index (χ0v) is 14.3. The van der Waals surface area contributed by atoms with Gasteiger partial charge in [-0.25, -0.2) is 4.21 Å². The van der Waals surface area contributed by atoms with Gasteiger partial charge in [-0.2, -0.15) is 0 Å². The van der Waals surface area contributed by atoms with Gasteiger partial charge in [-0.15, -0.1) is 0 Å². The van der Waals surface area contributed by atoms with Crippen molar-refractivity contribution >= 4 is 16.6 Å². The first-order chi connectivity index (χ1) is 11.6. The van der Waals surface area contributed by atoms with Crippen LogP contribution >= 0.6 is 0 Å². The summed E-state index contributed by atoms with van der Waals surface area (Å²) >= 11 is 0. The highest BCUT2D eigenvalue weighted by Crippen LogP contribution is 2.22. The Morgan fingerprint density at radius 3 is 2.17 bits per heavy atom. The molecule has 0 fully saturated rings. The lowest BCUT2D eigenvalue weighted by Gasteiger charge is -2.09. The minimum Gasteiger partial charge on any atom is -0.294 e. The largest absolute Gasteiger partial charge is 0.294 e. The van der Waals surface area contributed by atoms with Gasteiger partial charge in [0.1, 0.15) is 0 Å². The van der Waals surface area contributed by atoms with E-state index in [9.17, 15) is 9.00 Å². The summed E-state index contributed by atoms with van der Waals surface area (Å²) < 4.78 is 12.9. The normalized spacial score (nSPS) is 11.9. The number of hydrogen-bond donors (Lipinski definition) is 0. The topological polar surface area (TPSA) is 34.1 Å². The molecule has 0 saturated heterocycles. The SMILES string of the molecule is Cc1ccc(S(=O)c2ccccc2CC(=O)c2ccccc2)cc1. The molecule has 0 aliphatic heterocycles. The van der Waals surface area contributed by atoms with Gasteiger partial charge in [0.05, 0.1) is 10.8 Å². The fourth-order valence-corrected chi connectivity index (χ4v) is 3.74. The van der Waals surface area contributed by atoms with Gasteiger partial charge < -0.3 is 0 Å². The highest BCUT2D eigenvalue weighted by atomic mass is 32.2. The summed E-state index contributed by atoms with van der Waals surface area (Å²) in [5.41, 5.74) is 2.61. The van der Waals surface area contributed by atoms with Crippen LogP contribution in [0.2, 0.25) is 0 Å². The van der Waals surface area contributed by atoms with E-state index in [4.69, 9.17) is 0 Å². The van der Waals surface area contributed by atoms with Gasteiger partial charge in [-0.1, -0.05) is 66.2 Å². The minimum atomic E-state index is -1.29. The summed E-state index contributed by atoms with van der Waals surface area (Å²) in [5.74, 6) is 0.0314. The molecule has 0 aliphatic rings. The van der Waals surface area contributed by atoms with Crippen molar-refractivity contribution in [3.8, 4) is 0 Å². The van der Waals surface area contributed by atoms with Crippen LogP contribution in [-0.4, -0.2) is 9.99 Å². The lowest BCUT2D eigenvalue weighted by Crippen LogP contribution is -2.07. The number of benzene rings is 3. The monoisotopic (exact) mass is 334 g/mol. The number of hydrogen-bond acceptors (Lipinski definition) is 2. The zero-order valence-electron chi connectivity index (χ0n) is 13.4. The molecule has 0 spiro atoms. The quantitative estimate of drug-likeness (QED) is 0.640. The number of carbonyl (C=O) groups is 1. The van der Waals surface area contributed by atoms with Crippen LogP contribution < -0.4 is 0 Å². The van der Waals surface area contributed by atoms with Gasteiger partial charge >= 0.3 is 0 Å². The van der Waals surface area contributed by atoms with E-state index in [2.05, 4.69) is 0 Å². The Labute approximate surface area is 144 Å². The summed E-state index contributed by atoms with van der Waals surface area (Å²) in [6, 6.07) is 24.3. The number of rotatable bonds is 5. The van der Waals surface area contributed by atoms with Crippen molar-refractivity contribution in [2.24, 2.45) is 0 Å². The molecular formula is C21H18O2S. The molecule has 0 amide bonds. The Bertz CT molecular complexity index is 868. The standard InChI is InChI=1S/C21H18O2S/c1-16-11-13-19(14-12-16)24(23)21-10-6-5-9-18(21)15-20(22)17-7-3-2-4-8-17/h2-14H,15H2,1H3. The molecule has 0 radical (unpaired) electrons. The van der Waals surface area contributed by atoms with Crippen LogP contribution in [0.25, 0.3) is 0 Å². The summed E-state index contributed by atoms with van der Waals surface area (Å²) in [6.07, 6.45) is 0.248. The fraction of sp³-hybridized carbons (Fsp3) is 0.0952. The average molecular weight is 334 g/mol. The van der Waals surface area contributed by atoms with Gasteiger partial charge in [0.2, 0.25) is 0 Å². The molecule has 24 heavy (non-hydrogen) atoms. The van der Waals surface area contributed by atoms with Crippen molar-refractivity contribution in [2.45, 2.75) is 23.1 Å². The van der Waals surface area contributed by atoms with E-state index in [-0.39, 0.29) is 12.2 Å². The highest BCUT2D eigenvalue weighted by molar-refractivity contribution is 7.85. The summed E-state index contributed by atoms with van der Waals surface area (Å²) in [4.78, 5) is 13.9. The van der Waals surface area contributed by atoms with Crippen LogP contribution in [0.4, 0.5) is 0 Å². The molecule has 0 N–H and O–H groups in total. The molecule has 2 nitrogen and oxygen atoms in total. The third-order valence-electron chi connectivity index (χ3n) is 3.85. The first-order valence-electron chi connectivity index (χ1n) is 7.80. The number of aryl methyl sites for hydroxylation is 1. The van der Waals surface area contributed by atoms with Crippen LogP contribution in [-0.2, 0) is 17.2 Å². The van der Waals surface area contributed by atoms with E-state index in [0.29, 0.717) is 10.5 Å².